The van der Waals surface area contributed by atoms with Gasteiger partial charge < -0.3 is 65.9 Å². The van der Waals surface area contributed by atoms with Crippen molar-refractivity contribution >= 4 is 84.3 Å². The van der Waals surface area contributed by atoms with Gasteiger partial charge in [-0.1, -0.05) is 249 Å². The fraction of sp³-hybridized carbons (Fsp3) is 0.231. The summed E-state index contributed by atoms with van der Waals surface area (Å²) in [6.45, 7) is 37.9. The van der Waals surface area contributed by atoms with Crippen molar-refractivity contribution in [3.8, 4) is 28.7 Å². The van der Waals surface area contributed by atoms with Crippen molar-refractivity contribution in [2.75, 3.05) is 86.2 Å². The zero-order valence-corrected chi connectivity index (χ0v) is 89.7. The molecule has 15 aromatic rings. The lowest BCUT2D eigenvalue weighted by Crippen LogP contribution is -2.07. The molecule has 0 amide bonds. The predicted molar refractivity (Wildman–Crippen MR) is 604 cm³/mol. The number of alkyl halides is 3. The van der Waals surface area contributed by atoms with Gasteiger partial charge in [0.15, 0.2) is 11.5 Å². The van der Waals surface area contributed by atoms with Gasteiger partial charge in [0.25, 0.3) is 0 Å². The van der Waals surface area contributed by atoms with Crippen molar-refractivity contribution in [2.45, 2.75) is 138 Å². The Balaban J connectivity index is 0.000000536. The predicted octanol–water partition coefficient (Wildman–Crippen LogP) is 32.8. The number of benzene rings is 14. The van der Waals surface area contributed by atoms with Gasteiger partial charge in [0.1, 0.15) is 45.0 Å². The van der Waals surface area contributed by atoms with Crippen LogP contribution in [0.2, 0.25) is 0 Å². The molecular formula is C121H144Cl2F7N7O9S. The fourth-order valence-electron chi connectivity index (χ4n) is 11.2. The third-order valence-electron chi connectivity index (χ3n) is 19.9. The standard InChI is InChI=1S/C12H16FN.C12H17N.C10H10Cl2FN.C9H9N.C9H13N.C8H7F3.C8H10O3S.2C8H8O2.C8H10O.C7H8FN.C7H7F.C7H9N.C7H8O.CH4/c1-9(2)6-7-14-11-5-4-10(3)12(13)8-11;1-10(2)8-9-13-12-6-4-11(3)5-7-12;1-7-2-3-8(6-9(7)13)14-5-4-10(11)12;1-7-2-3-9-8(6-7)4-5-10-9;1-8-4-6-9(7-5-8)10(2)3;1-6-2-4-7(5-3-6)8(9,10)11;1-7-3-5-8(6-4-7)11-12(2,9)10;1-6-2-3-7-8(4-6)10-5-9-7;1-6-2-4-7(5-3-6)8(9)10;1-7-3-5-8(9-2)6-4-7;1-5-2-3-6(9)4-7(5)8;3*1-6-2-4-7(8)5-3-6;/h4-6,8,14H,7H2,1-3H3;4-8,13H,9H2,1-3H3;2-4,6,14H,5H2,1H3;2-6,10H,1H3;4-7H,1-3H3;2-5H,1H3;3-6H,1-2H3;2-4H,5H2,1H3;2-5H,1H3,(H,9,10);3-6H,1-2H3;2-4H,9H2,1H3;2-5H,1H3;2-5H,8H2,1H3;2-5,8H,1H3;1H4. The number of nitrogens with zero attached hydrogens (tertiary/aromatic N) is 1. The Morgan fingerprint density at radius 1 is 0.435 bits per heavy atom. The molecule has 0 saturated carbocycles. The Hall–Kier alpha value is -14.9. The van der Waals surface area contributed by atoms with E-state index in [9.17, 15) is 43.9 Å². The molecule has 16 rings (SSSR count). The third-order valence-corrected chi connectivity index (χ3v) is 20.7. The van der Waals surface area contributed by atoms with Crippen LogP contribution in [-0.4, -0.2) is 83.5 Å². The number of aromatic hydroxyl groups is 1. The quantitative estimate of drug-likeness (QED) is 0.0219. The minimum atomic E-state index is -4.21. The van der Waals surface area contributed by atoms with Gasteiger partial charge in [-0.15, -0.1) is 0 Å². The number of halogens is 9. The van der Waals surface area contributed by atoms with E-state index in [2.05, 4.69) is 157 Å². The first-order chi connectivity index (χ1) is 68.8. The number of aromatic nitrogens is 1. The first-order valence-electron chi connectivity index (χ1n) is 46.4. The molecule has 16 nitrogen and oxygen atoms in total. The topological polar surface area (TPSA) is 236 Å². The molecule has 147 heavy (non-hydrogen) atoms. The number of carboxylic acid groups (broad SMARTS) is 1. The lowest BCUT2D eigenvalue weighted by molar-refractivity contribution is -0.137. The van der Waals surface area contributed by atoms with Crippen LogP contribution in [0.25, 0.3) is 10.9 Å². The third kappa shape index (κ3) is 59.9. The minimum Gasteiger partial charge on any atom is -0.508 e. The summed E-state index contributed by atoms with van der Waals surface area (Å²) in [5.41, 5.74) is 34.3. The van der Waals surface area contributed by atoms with Gasteiger partial charge >= 0.3 is 22.3 Å². The van der Waals surface area contributed by atoms with Crippen LogP contribution in [0, 0.1) is 120 Å². The number of phenols is 1. The second-order valence-corrected chi connectivity index (χ2v) is 36.9. The summed E-state index contributed by atoms with van der Waals surface area (Å²) in [5.74, 6) is 1.64. The van der Waals surface area contributed by atoms with Crippen molar-refractivity contribution in [1.29, 1.82) is 0 Å². The summed E-state index contributed by atoms with van der Waals surface area (Å²) < 4.78 is 128. The number of nitrogen functional groups attached to an aromatic ring is 2. The van der Waals surface area contributed by atoms with Gasteiger partial charge in [-0.3, -0.25) is 0 Å². The van der Waals surface area contributed by atoms with Crippen LogP contribution in [0.5, 0.6) is 28.7 Å². The lowest BCUT2D eigenvalue weighted by Gasteiger charge is -2.11. The van der Waals surface area contributed by atoms with Crippen molar-refractivity contribution in [2.24, 2.45) is 0 Å². The van der Waals surface area contributed by atoms with E-state index in [-0.39, 0.29) is 35.2 Å². The number of H-pyrrole nitrogens is 1. The van der Waals surface area contributed by atoms with E-state index in [4.69, 9.17) is 59.1 Å². The number of aryl methyl sites for hydroxylation is 14. The van der Waals surface area contributed by atoms with Gasteiger partial charge in [-0.25, -0.2) is 22.4 Å². The van der Waals surface area contributed by atoms with E-state index in [1.165, 1.54) is 115 Å². The summed E-state index contributed by atoms with van der Waals surface area (Å²) in [7, 11) is 2.37. The van der Waals surface area contributed by atoms with Crippen LogP contribution in [-0.2, 0) is 16.3 Å². The number of anilines is 6. The van der Waals surface area contributed by atoms with Crippen LogP contribution in [0.1, 0.15) is 129 Å². The Bertz CT molecular complexity index is 6270. The zero-order valence-electron chi connectivity index (χ0n) is 87.3. The minimum absolute atomic E-state index is 0. The normalized spacial score (nSPS) is 10.0. The Kier molecular flexibility index (Phi) is 60.4. The molecule has 14 aromatic carbocycles. The monoisotopic (exact) mass is 2070 g/mol. The number of aromatic carboxylic acids is 1. The van der Waals surface area contributed by atoms with E-state index in [0.717, 1.165) is 82.4 Å². The van der Waals surface area contributed by atoms with Gasteiger partial charge in [-0.05, 0) is 334 Å². The van der Waals surface area contributed by atoms with E-state index in [1.54, 1.807) is 144 Å². The average Bonchev–Trinajstić information content (AvgIpc) is 1.62. The molecule has 0 aliphatic carbocycles. The lowest BCUT2D eigenvalue weighted by atomic mass is 10.1. The molecule has 1 aromatic heterocycles. The Morgan fingerprint density at radius 3 is 1.18 bits per heavy atom. The maximum absolute atomic E-state index is 13.1. The number of allylic oxidation sites excluding steroid dienone is 2. The summed E-state index contributed by atoms with van der Waals surface area (Å²) >= 11 is 10.8. The number of carboxylic acids is 1. The molecule has 0 radical (unpaired) electrons. The van der Waals surface area contributed by atoms with Crippen molar-refractivity contribution in [3.05, 3.63) is 468 Å². The Morgan fingerprint density at radius 2 is 0.789 bits per heavy atom. The molecule has 0 spiro atoms. The van der Waals surface area contributed by atoms with Gasteiger partial charge in [0.2, 0.25) is 6.79 Å². The summed E-state index contributed by atoms with van der Waals surface area (Å²) in [5, 5.41) is 27.9. The number of methoxy groups -OCH3 is 1. The highest BCUT2D eigenvalue weighted by molar-refractivity contribution is 7.86. The largest absolute Gasteiger partial charge is 0.508 e. The SMILES string of the molecule is C.CC(C)=CCNc1ccc(C)c(F)c1.CC(C)=CCNc1ccc(C)cc1.COc1ccc(C)cc1.Cc1ccc(C(=O)O)cc1.Cc1ccc(C(F)(F)F)cc1.Cc1ccc(F)cc1.Cc1ccc(N(C)C)cc1.Cc1ccc(N)cc1.Cc1ccc(N)cc1F.Cc1ccc(NCC=C(Cl)Cl)cc1F.Cc1ccc(O)cc1.Cc1ccc(OS(C)(=O)=O)cc1.Cc1ccc2[nH]ccc2c1.Cc1ccc2c(c1)OCO2. The second-order valence-electron chi connectivity index (χ2n) is 34.4. The molecule has 0 bridgehead atoms. The van der Waals surface area contributed by atoms with Crippen molar-refractivity contribution in [3.63, 3.8) is 0 Å². The molecule has 786 valence electrons. The van der Waals surface area contributed by atoms with Crippen LogP contribution >= 0.6 is 23.2 Å². The van der Waals surface area contributed by atoms with Crippen LogP contribution < -0.4 is 50.7 Å². The highest BCUT2D eigenvalue weighted by Gasteiger charge is 2.29. The first kappa shape index (κ1) is 128. The number of carbonyl (C=O) groups is 1. The molecule has 10 N–H and O–H groups in total. The number of hydrogen-bond donors (Lipinski definition) is 8. The highest BCUT2D eigenvalue weighted by Crippen LogP contribution is 2.33. The van der Waals surface area contributed by atoms with Gasteiger partial charge in [0.05, 0.1) is 24.5 Å². The molecule has 0 saturated heterocycles. The second kappa shape index (κ2) is 69.2. The summed E-state index contributed by atoms with van der Waals surface area (Å²) in [4.78, 5) is 15.6. The molecule has 26 heteroatoms. The van der Waals surface area contributed by atoms with Crippen LogP contribution in [0.15, 0.2) is 356 Å². The Labute approximate surface area is 877 Å². The molecule has 0 atom stereocenters. The fourth-order valence-corrected chi connectivity index (χ4v) is 11.8. The number of aromatic amines is 1. The van der Waals surface area contributed by atoms with Gasteiger partial charge in [0, 0.05) is 79.6 Å². The molecule has 2 heterocycles. The maximum Gasteiger partial charge on any atom is 0.416 e. The molecule has 0 unspecified atom stereocenters. The number of nitrogens with one attached hydrogen (secondary N) is 4. The number of fused-ring (bicyclic) bond motifs is 2. The number of hydrogen-bond acceptors (Lipinski definition) is 14. The average molecular weight is 2080 g/mol. The van der Waals surface area contributed by atoms with Crippen molar-refractivity contribution < 1.29 is 72.6 Å². The molecule has 1 aliphatic heterocycles. The smallest absolute Gasteiger partial charge is 0.416 e. The van der Waals surface area contributed by atoms with E-state index < -0.39 is 27.8 Å². The zero-order chi connectivity index (χ0) is 109. The van der Waals surface area contributed by atoms with E-state index >= 15 is 0 Å². The van der Waals surface area contributed by atoms with E-state index in [1.807, 2.05) is 161 Å². The van der Waals surface area contributed by atoms with Crippen LogP contribution in [0.4, 0.5) is 64.9 Å². The van der Waals surface area contributed by atoms with Gasteiger partial charge in [-0.2, -0.15) is 21.6 Å². The number of nitrogens with two attached hydrogens (primary N) is 2. The molecule has 1 aliphatic rings. The molecule has 0 fully saturated rings. The summed E-state index contributed by atoms with van der Waals surface area (Å²) in [6, 6.07) is 94.0. The summed E-state index contributed by atoms with van der Waals surface area (Å²) in [6.07, 6.45) is 4.61. The maximum atomic E-state index is 13.1. The highest BCUT2D eigenvalue weighted by atomic mass is 35.5. The number of rotatable bonds is 14. The van der Waals surface area contributed by atoms with E-state index in [0.29, 0.717) is 58.5 Å². The number of phenolic OH excluding ortho intramolecular Hbond substituents is 1. The number of ether oxygens (including phenoxy) is 3. The van der Waals surface area contributed by atoms with Crippen molar-refractivity contribution in [1.82, 2.24) is 4.98 Å². The first-order valence-corrected chi connectivity index (χ1v) is 49.0. The molecular weight excluding hydrogens is 1930 g/mol. The van der Waals surface area contributed by atoms with Crippen LogP contribution in [0.3, 0.4) is 0 Å².